The molecule has 0 aliphatic rings. The predicted molar refractivity (Wildman–Crippen MR) is 82.2 cm³/mol. The average molecular weight is 373 g/mol. The van der Waals surface area contributed by atoms with Crippen LogP contribution in [-0.4, -0.2) is 19.3 Å². The number of fused-ring (bicyclic) bond motifs is 1. The normalized spacial score (nSPS) is 11.5. The number of nitrogens with zero attached hydrogens (tertiary/aromatic N) is 3. The molecule has 0 unspecified atom stereocenters. The van der Waals surface area contributed by atoms with Crippen LogP contribution in [0.5, 0.6) is 0 Å². The lowest BCUT2D eigenvalue weighted by atomic mass is 10.3. The minimum Gasteiger partial charge on any atom is -0.327 e. The van der Waals surface area contributed by atoms with Crippen molar-refractivity contribution in [2.45, 2.75) is 13.3 Å². The topological polar surface area (TPSA) is 38.5 Å². The molecular formula is C13H11BrF2N4S. The summed E-state index contributed by atoms with van der Waals surface area (Å²) in [7, 11) is 1.74. The molecule has 0 aliphatic carbocycles. The highest BCUT2D eigenvalue weighted by molar-refractivity contribution is 9.10. The third-order valence-electron chi connectivity index (χ3n) is 3.30. The lowest BCUT2D eigenvalue weighted by Gasteiger charge is -2.07. The Kier molecular flexibility index (Phi) is 3.45. The highest BCUT2D eigenvalue weighted by Gasteiger charge is 2.19. The van der Waals surface area contributed by atoms with E-state index in [4.69, 9.17) is 12.2 Å². The van der Waals surface area contributed by atoms with Crippen LogP contribution in [0, 0.1) is 16.4 Å². The van der Waals surface area contributed by atoms with Gasteiger partial charge in [-0.25, -0.2) is 13.5 Å². The summed E-state index contributed by atoms with van der Waals surface area (Å²) >= 11 is 8.22. The molecule has 110 valence electrons. The number of aromatic amines is 1. The molecule has 1 aromatic carbocycles. The molecule has 0 bridgehead atoms. The quantitative estimate of drug-likeness (QED) is 0.544. The van der Waals surface area contributed by atoms with Crippen molar-refractivity contribution in [3.05, 3.63) is 38.7 Å². The molecule has 8 heteroatoms. The Balaban J connectivity index is 2.41. The fourth-order valence-corrected chi connectivity index (χ4v) is 2.97. The average Bonchev–Trinajstić information content (AvgIpc) is 2.91. The van der Waals surface area contributed by atoms with E-state index in [1.807, 2.05) is 6.92 Å². The molecule has 4 nitrogen and oxygen atoms in total. The first-order valence-electron chi connectivity index (χ1n) is 6.25. The molecule has 0 atom stereocenters. The second-order valence-corrected chi connectivity index (χ2v) is 5.85. The number of nitrogens with one attached hydrogen (secondary N) is 1. The maximum atomic E-state index is 14.2. The molecule has 0 amide bonds. The Morgan fingerprint density at radius 2 is 2.05 bits per heavy atom. The highest BCUT2D eigenvalue weighted by Crippen LogP contribution is 2.27. The van der Waals surface area contributed by atoms with Crippen LogP contribution < -0.4 is 0 Å². The van der Waals surface area contributed by atoms with Crippen molar-refractivity contribution in [1.82, 2.24) is 19.3 Å². The Morgan fingerprint density at radius 1 is 1.33 bits per heavy atom. The van der Waals surface area contributed by atoms with Crippen molar-refractivity contribution in [2.24, 2.45) is 7.05 Å². The number of benzene rings is 1. The van der Waals surface area contributed by atoms with E-state index in [1.54, 1.807) is 11.7 Å². The lowest BCUT2D eigenvalue weighted by Crippen LogP contribution is -2.04. The molecule has 21 heavy (non-hydrogen) atoms. The standard InChI is InChI=1S/C13H11BrF2N4S/c1-3-9-11-12(19(2)18-9)20(13(21)17-11)10-5-7(15)6(14)4-8(10)16/h4-5H,3H2,1-2H3,(H,17,21). The van der Waals surface area contributed by atoms with E-state index in [2.05, 4.69) is 26.0 Å². The van der Waals surface area contributed by atoms with E-state index in [9.17, 15) is 8.78 Å². The van der Waals surface area contributed by atoms with E-state index in [0.29, 0.717) is 16.8 Å². The van der Waals surface area contributed by atoms with Gasteiger partial charge in [-0.15, -0.1) is 0 Å². The van der Waals surface area contributed by atoms with E-state index in [-0.39, 0.29) is 10.2 Å². The maximum Gasteiger partial charge on any atom is 0.184 e. The van der Waals surface area contributed by atoms with Gasteiger partial charge in [0.25, 0.3) is 0 Å². The fraction of sp³-hybridized carbons (Fsp3) is 0.231. The second kappa shape index (κ2) is 5.03. The van der Waals surface area contributed by atoms with Gasteiger partial charge in [0.05, 0.1) is 15.9 Å². The summed E-state index contributed by atoms with van der Waals surface area (Å²) in [5, 5.41) is 4.36. The molecule has 0 radical (unpaired) electrons. The smallest absolute Gasteiger partial charge is 0.184 e. The van der Waals surface area contributed by atoms with Gasteiger partial charge >= 0.3 is 0 Å². The zero-order valence-corrected chi connectivity index (χ0v) is 13.6. The molecule has 0 fully saturated rings. The molecule has 2 heterocycles. The van der Waals surface area contributed by atoms with Crippen molar-refractivity contribution in [2.75, 3.05) is 0 Å². The first-order valence-corrected chi connectivity index (χ1v) is 7.45. The van der Waals surface area contributed by atoms with Crippen molar-refractivity contribution in [1.29, 1.82) is 0 Å². The zero-order chi connectivity index (χ0) is 15.3. The van der Waals surface area contributed by atoms with E-state index in [1.165, 1.54) is 4.57 Å². The summed E-state index contributed by atoms with van der Waals surface area (Å²) in [6, 6.07) is 2.20. The first kappa shape index (κ1) is 14.4. The Labute approximate surface area is 132 Å². The number of hydrogen-bond acceptors (Lipinski definition) is 2. The van der Waals surface area contributed by atoms with Gasteiger partial charge in [0.1, 0.15) is 17.2 Å². The molecule has 0 aliphatic heterocycles. The van der Waals surface area contributed by atoms with Gasteiger partial charge in [-0.2, -0.15) is 5.10 Å². The maximum absolute atomic E-state index is 14.2. The number of hydrogen-bond donors (Lipinski definition) is 1. The molecular weight excluding hydrogens is 362 g/mol. The Morgan fingerprint density at radius 3 is 2.71 bits per heavy atom. The van der Waals surface area contributed by atoms with Gasteiger partial charge in [0.2, 0.25) is 0 Å². The number of rotatable bonds is 2. The number of aryl methyl sites for hydroxylation is 2. The summed E-state index contributed by atoms with van der Waals surface area (Å²) in [6.45, 7) is 1.97. The Hall–Kier alpha value is -1.54. The van der Waals surface area contributed by atoms with E-state index >= 15 is 0 Å². The SMILES string of the molecule is CCc1nn(C)c2c1[nH]c(=S)n2-c1cc(F)c(Br)cc1F. The van der Waals surface area contributed by atoms with Crippen LogP contribution in [0.3, 0.4) is 0 Å². The van der Waals surface area contributed by atoms with Crippen LogP contribution >= 0.6 is 28.1 Å². The molecule has 1 N–H and O–H groups in total. The third kappa shape index (κ3) is 2.13. The van der Waals surface area contributed by atoms with Crippen molar-refractivity contribution >= 4 is 39.3 Å². The summed E-state index contributed by atoms with van der Waals surface area (Å²) in [5.41, 5.74) is 2.23. The van der Waals surface area contributed by atoms with Crippen LogP contribution in [0.25, 0.3) is 16.9 Å². The number of aromatic nitrogens is 4. The van der Waals surface area contributed by atoms with Crippen molar-refractivity contribution < 1.29 is 8.78 Å². The van der Waals surface area contributed by atoms with Crippen LogP contribution in [0.15, 0.2) is 16.6 Å². The summed E-state index contributed by atoms with van der Waals surface area (Å²) < 4.78 is 31.4. The number of imidazole rings is 1. The van der Waals surface area contributed by atoms with Gasteiger partial charge < -0.3 is 4.98 Å². The minimum atomic E-state index is -0.570. The van der Waals surface area contributed by atoms with Gasteiger partial charge in [0.15, 0.2) is 10.4 Å². The number of halogens is 3. The van der Waals surface area contributed by atoms with Crippen molar-refractivity contribution in [3.8, 4) is 5.69 Å². The summed E-state index contributed by atoms with van der Waals surface area (Å²) in [6.07, 6.45) is 0.712. The minimum absolute atomic E-state index is 0.0533. The predicted octanol–water partition coefficient (Wildman–Crippen LogP) is 4.02. The summed E-state index contributed by atoms with van der Waals surface area (Å²) in [5.74, 6) is -1.12. The van der Waals surface area contributed by atoms with E-state index in [0.717, 1.165) is 23.3 Å². The van der Waals surface area contributed by atoms with Crippen LogP contribution in [-0.2, 0) is 13.5 Å². The van der Waals surface area contributed by atoms with Crippen LogP contribution in [0.4, 0.5) is 8.78 Å². The Bertz CT molecular complexity index is 909. The summed E-state index contributed by atoms with van der Waals surface area (Å²) in [4.78, 5) is 3.02. The van der Waals surface area contributed by atoms with Crippen molar-refractivity contribution in [3.63, 3.8) is 0 Å². The van der Waals surface area contributed by atoms with Crippen LogP contribution in [0.1, 0.15) is 12.6 Å². The third-order valence-corrected chi connectivity index (χ3v) is 4.19. The number of H-pyrrole nitrogens is 1. The van der Waals surface area contributed by atoms with Gasteiger partial charge in [-0.1, -0.05) is 6.92 Å². The van der Waals surface area contributed by atoms with Gasteiger partial charge in [0, 0.05) is 13.1 Å². The first-order chi connectivity index (χ1) is 9.93. The van der Waals surface area contributed by atoms with Crippen LogP contribution in [0.2, 0.25) is 0 Å². The molecule has 0 saturated heterocycles. The molecule has 3 rings (SSSR count). The molecule has 2 aromatic heterocycles. The molecule has 0 spiro atoms. The van der Waals surface area contributed by atoms with Gasteiger partial charge in [-0.05, 0) is 40.6 Å². The zero-order valence-electron chi connectivity index (χ0n) is 11.2. The highest BCUT2D eigenvalue weighted by atomic mass is 79.9. The molecule has 0 saturated carbocycles. The lowest BCUT2D eigenvalue weighted by molar-refractivity contribution is 0.586. The van der Waals surface area contributed by atoms with Gasteiger partial charge in [-0.3, -0.25) is 4.57 Å². The monoisotopic (exact) mass is 372 g/mol. The fourth-order valence-electron chi connectivity index (χ4n) is 2.37. The second-order valence-electron chi connectivity index (χ2n) is 4.61. The largest absolute Gasteiger partial charge is 0.327 e. The molecule has 3 aromatic rings. The van der Waals surface area contributed by atoms with E-state index < -0.39 is 11.6 Å².